The Morgan fingerprint density at radius 2 is 1.74 bits per heavy atom. The lowest BCUT2D eigenvalue weighted by Gasteiger charge is -2.08. The molecule has 1 amide bonds. The van der Waals surface area contributed by atoms with Crippen LogP contribution >= 0.6 is 10.7 Å². The molecule has 0 heterocycles. The van der Waals surface area contributed by atoms with E-state index in [4.69, 9.17) is 10.7 Å². The molecule has 19 heavy (non-hydrogen) atoms. The molecule has 0 unspecified atom stereocenters. The van der Waals surface area contributed by atoms with E-state index in [1.165, 1.54) is 24.3 Å². The largest absolute Gasteiger partial charge is 0.397 e. The van der Waals surface area contributed by atoms with Gasteiger partial charge in [0, 0.05) is 17.2 Å². The van der Waals surface area contributed by atoms with Crippen molar-refractivity contribution in [2.24, 2.45) is 0 Å². The lowest BCUT2D eigenvalue weighted by Crippen LogP contribution is -2.28. The second kappa shape index (κ2) is 5.79. The number of hydrogen-bond acceptors (Lipinski definition) is 3. The van der Waals surface area contributed by atoms with Crippen LogP contribution in [0, 0.1) is 0 Å². The summed E-state index contributed by atoms with van der Waals surface area (Å²) in [5.41, 5.74) is 0.458. The molecule has 9 heteroatoms. The Balaban J connectivity index is 2.58. The van der Waals surface area contributed by atoms with E-state index in [9.17, 15) is 26.4 Å². The zero-order valence-electron chi connectivity index (χ0n) is 9.37. The second-order valence-electron chi connectivity index (χ2n) is 3.65. The van der Waals surface area contributed by atoms with Crippen molar-refractivity contribution in [2.45, 2.75) is 24.0 Å². The summed E-state index contributed by atoms with van der Waals surface area (Å²) in [4.78, 5) is 10.8. The summed E-state index contributed by atoms with van der Waals surface area (Å²) in [6.07, 6.45) is -6.11. The summed E-state index contributed by atoms with van der Waals surface area (Å²) in [7, 11) is 1.25. The van der Waals surface area contributed by atoms with Gasteiger partial charge in [-0.15, -0.1) is 0 Å². The molecule has 0 fully saturated rings. The Morgan fingerprint density at radius 1 is 1.21 bits per heavy atom. The van der Waals surface area contributed by atoms with E-state index in [-0.39, 0.29) is 11.4 Å². The zero-order valence-corrected chi connectivity index (χ0v) is 10.9. The highest BCUT2D eigenvalue weighted by Gasteiger charge is 2.30. The molecule has 0 atom stereocenters. The van der Waals surface area contributed by atoms with E-state index in [2.05, 4.69) is 5.32 Å². The summed E-state index contributed by atoms with van der Waals surface area (Å²) in [5.74, 6) is -1.15. The van der Waals surface area contributed by atoms with Crippen LogP contribution in [0.5, 0.6) is 0 Å². The third kappa shape index (κ3) is 5.93. The van der Waals surface area contributed by atoms with Gasteiger partial charge in [-0.1, -0.05) is 12.1 Å². The van der Waals surface area contributed by atoms with Gasteiger partial charge >= 0.3 is 6.18 Å². The van der Waals surface area contributed by atoms with Crippen molar-refractivity contribution in [3.05, 3.63) is 29.8 Å². The van der Waals surface area contributed by atoms with Crippen molar-refractivity contribution in [2.75, 3.05) is 0 Å². The maximum Gasteiger partial charge on any atom is 0.397 e. The first-order valence-corrected chi connectivity index (χ1v) is 7.26. The monoisotopic (exact) mass is 315 g/mol. The van der Waals surface area contributed by atoms with Crippen molar-refractivity contribution in [1.29, 1.82) is 0 Å². The van der Waals surface area contributed by atoms with E-state index in [1.54, 1.807) is 0 Å². The number of rotatable bonds is 4. The standard InChI is InChI=1S/C10H9ClF3NO3S/c11-19(17,18)8-3-1-7(2-4-8)6-15-9(16)5-10(12,13)14/h1-4H,5-6H2,(H,15,16). The van der Waals surface area contributed by atoms with E-state index in [0.717, 1.165) is 0 Å². The maximum absolute atomic E-state index is 11.9. The van der Waals surface area contributed by atoms with Crippen molar-refractivity contribution >= 4 is 25.6 Å². The number of carbonyl (C=O) groups excluding carboxylic acids is 1. The first kappa shape index (κ1) is 15.8. The van der Waals surface area contributed by atoms with Crippen molar-refractivity contribution < 1.29 is 26.4 Å². The highest BCUT2D eigenvalue weighted by atomic mass is 35.7. The van der Waals surface area contributed by atoms with Crippen molar-refractivity contribution in [1.82, 2.24) is 5.32 Å². The van der Waals surface area contributed by atoms with Crippen LogP contribution < -0.4 is 5.32 Å². The number of amides is 1. The molecule has 106 valence electrons. The minimum atomic E-state index is -4.55. The third-order valence-corrected chi connectivity index (χ3v) is 3.43. The summed E-state index contributed by atoms with van der Waals surface area (Å²) in [6, 6.07) is 5.10. The van der Waals surface area contributed by atoms with Gasteiger partial charge in [0.05, 0.1) is 4.90 Å². The second-order valence-corrected chi connectivity index (χ2v) is 6.22. The van der Waals surface area contributed by atoms with Crippen LogP contribution in [0.4, 0.5) is 13.2 Å². The third-order valence-electron chi connectivity index (χ3n) is 2.06. The minimum absolute atomic E-state index is 0.125. The van der Waals surface area contributed by atoms with E-state index >= 15 is 0 Å². The zero-order chi connectivity index (χ0) is 14.7. The maximum atomic E-state index is 11.9. The van der Waals surface area contributed by atoms with Gasteiger partial charge in [0.2, 0.25) is 5.91 Å². The SMILES string of the molecule is O=C(CC(F)(F)F)NCc1ccc(S(=O)(=O)Cl)cc1. The molecule has 1 rings (SSSR count). The molecule has 0 aliphatic heterocycles. The Bertz CT molecular complexity index is 554. The molecule has 1 aromatic rings. The molecule has 0 spiro atoms. The molecule has 0 bridgehead atoms. The fraction of sp³-hybridized carbons (Fsp3) is 0.300. The van der Waals surface area contributed by atoms with Crippen LogP contribution in [0.1, 0.15) is 12.0 Å². The molecule has 0 aliphatic rings. The number of carbonyl (C=O) groups is 1. The van der Waals surface area contributed by atoms with Gasteiger partial charge < -0.3 is 5.32 Å². The summed E-state index contributed by atoms with van der Waals surface area (Å²) < 4.78 is 57.5. The number of alkyl halides is 3. The Labute approximate surface area is 112 Å². The molecule has 0 aliphatic carbocycles. The number of benzene rings is 1. The van der Waals surface area contributed by atoms with Crippen LogP contribution in [0.15, 0.2) is 29.2 Å². The lowest BCUT2D eigenvalue weighted by atomic mass is 10.2. The molecular weight excluding hydrogens is 307 g/mol. The molecule has 0 saturated heterocycles. The molecule has 4 nitrogen and oxygen atoms in total. The van der Waals surface area contributed by atoms with Crippen molar-refractivity contribution in [3.8, 4) is 0 Å². The van der Waals surface area contributed by atoms with Crippen LogP contribution in [0.25, 0.3) is 0 Å². The average Bonchev–Trinajstić information content (AvgIpc) is 2.23. The predicted molar refractivity (Wildman–Crippen MR) is 62.0 cm³/mol. The molecular formula is C10H9ClF3NO3S. The van der Waals surface area contributed by atoms with Gasteiger partial charge in [-0.2, -0.15) is 13.2 Å². The van der Waals surface area contributed by atoms with Gasteiger partial charge in [0.15, 0.2) is 0 Å². The van der Waals surface area contributed by atoms with Gasteiger partial charge in [0.1, 0.15) is 6.42 Å². The number of halogens is 4. The fourth-order valence-electron chi connectivity index (χ4n) is 1.22. The van der Waals surface area contributed by atoms with Crippen LogP contribution in [-0.2, 0) is 20.4 Å². The van der Waals surface area contributed by atoms with E-state index < -0.39 is 27.6 Å². The summed E-state index contributed by atoms with van der Waals surface area (Å²) in [6.45, 7) is -0.127. The van der Waals surface area contributed by atoms with E-state index in [0.29, 0.717) is 5.56 Å². The Kier molecular flexibility index (Phi) is 4.81. The highest BCUT2D eigenvalue weighted by molar-refractivity contribution is 8.13. The highest BCUT2D eigenvalue weighted by Crippen LogP contribution is 2.19. The molecule has 1 aromatic carbocycles. The molecule has 0 aromatic heterocycles. The predicted octanol–water partition coefficient (Wildman–Crippen LogP) is 2.18. The molecule has 0 saturated carbocycles. The topological polar surface area (TPSA) is 63.2 Å². The van der Waals surface area contributed by atoms with E-state index in [1.807, 2.05) is 0 Å². The smallest absolute Gasteiger partial charge is 0.352 e. The molecule has 1 N–H and O–H groups in total. The van der Waals surface area contributed by atoms with Crippen LogP contribution in [0.2, 0.25) is 0 Å². The number of hydrogen-bond donors (Lipinski definition) is 1. The minimum Gasteiger partial charge on any atom is -0.352 e. The first-order valence-electron chi connectivity index (χ1n) is 4.95. The van der Waals surface area contributed by atoms with Gasteiger partial charge in [-0.25, -0.2) is 8.42 Å². The lowest BCUT2D eigenvalue weighted by molar-refractivity contribution is -0.153. The van der Waals surface area contributed by atoms with Gasteiger partial charge in [0.25, 0.3) is 9.05 Å². The normalized spacial score (nSPS) is 12.2. The van der Waals surface area contributed by atoms with Gasteiger partial charge in [-0.05, 0) is 17.7 Å². The Hall–Kier alpha value is -1.28. The first-order chi connectivity index (χ1) is 8.58. The summed E-state index contributed by atoms with van der Waals surface area (Å²) >= 11 is 0. The Morgan fingerprint density at radius 3 is 2.16 bits per heavy atom. The van der Waals surface area contributed by atoms with Crippen LogP contribution in [0.3, 0.4) is 0 Å². The molecule has 0 radical (unpaired) electrons. The number of nitrogens with one attached hydrogen (secondary N) is 1. The summed E-state index contributed by atoms with van der Waals surface area (Å²) in [5, 5.41) is 2.07. The van der Waals surface area contributed by atoms with Crippen LogP contribution in [-0.4, -0.2) is 20.5 Å². The van der Waals surface area contributed by atoms with Gasteiger partial charge in [-0.3, -0.25) is 4.79 Å². The van der Waals surface area contributed by atoms with Crippen molar-refractivity contribution in [3.63, 3.8) is 0 Å². The quantitative estimate of drug-likeness (QED) is 0.866. The fourth-order valence-corrected chi connectivity index (χ4v) is 1.98. The average molecular weight is 316 g/mol.